The maximum Gasteiger partial charge on any atom is 0.430 e. The minimum Gasteiger partial charge on any atom is -0.491 e. The first-order chi connectivity index (χ1) is 23.4. The van der Waals surface area contributed by atoms with Crippen LogP contribution in [0.15, 0.2) is 42.5 Å². The Morgan fingerprint density at radius 2 is 1.41 bits per heavy atom. The Morgan fingerprint density at radius 3 is 1.86 bits per heavy atom. The Labute approximate surface area is 300 Å². The Hall–Kier alpha value is -2.87. The quantitative estimate of drug-likeness (QED) is 0.0695. The first-order valence-electron chi connectivity index (χ1n) is 17.1. The van der Waals surface area contributed by atoms with Gasteiger partial charge in [-0.3, -0.25) is 4.79 Å². The lowest BCUT2D eigenvalue weighted by molar-refractivity contribution is -0.372. The number of carbonyl (C=O) groups is 1. The molecule has 0 unspecified atom stereocenters. The van der Waals surface area contributed by atoms with E-state index in [2.05, 4.69) is 43.3 Å². The number of hydrogen-bond acceptors (Lipinski definition) is 6. The number of carbonyl (C=O) groups excluding carboxylic acids is 1. The number of methoxy groups -OCH3 is 1. The van der Waals surface area contributed by atoms with Gasteiger partial charge in [-0.1, -0.05) is 71.0 Å². The van der Waals surface area contributed by atoms with E-state index in [0.29, 0.717) is 24.2 Å². The van der Waals surface area contributed by atoms with Crippen LogP contribution in [0.4, 0.5) is 26.3 Å². The van der Waals surface area contributed by atoms with Crippen LogP contribution < -0.4 is 4.74 Å². The van der Waals surface area contributed by atoms with E-state index in [0.717, 1.165) is 29.9 Å². The fourth-order valence-corrected chi connectivity index (χ4v) is 7.08. The van der Waals surface area contributed by atoms with Crippen molar-refractivity contribution in [1.82, 2.24) is 0 Å². The van der Waals surface area contributed by atoms with Gasteiger partial charge in [0.05, 0.1) is 19.1 Å². The molecule has 0 aliphatic carbocycles. The smallest absolute Gasteiger partial charge is 0.430 e. The normalized spacial score (nSPS) is 14.2. The van der Waals surface area contributed by atoms with Crippen molar-refractivity contribution in [3.8, 4) is 5.75 Å². The number of halogens is 6. The number of alkyl halides is 6. The molecule has 0 N–H and O–H groups in total. The van der Waals surface area contributed by atoms with Gasteiger partial charge >= 0.3 is 18.3 Å². The molecular weight excluding hydrogens is 694 g/mol. The first kappa shape index (κ1) is 44.3. The van der Waals surface area contributed by atoms with Crippen molar-refractivity contribution in [2.75, 3.05) is 27.1 Å². The predicted molar refractivity (Wildman–Crippen MR) is 189 cm³/mol. The summed E-state index contributed by atoms with van der Waals surface area (Å²) in [6, 6.07) is 10.9. The minimum atomic E-state index is -5.79. The summed E-state index contributed by atoms with van der Waals surface area (Å²) in [4.78, 5) is 12.4. The molecule has 0 heterocycles. The zero-order chi connectivity index (χ0) is 39.1. The molecule has 51 heavy (non-hydrogen) atoms. The molecule has 0 aliphatic heterocycles. The van der Waals surface area contributed by atoms with Gasteiger partial charge in [0.15, 0.2) is 8.32 Å². The zero-order valence-electron chi connectivity index (χ0n) is 31.7. The highest BCUT2D eigenvalue weighted by atomic mass is 28.4. The summed E-state index contributed by atoms with van der Waals surface area (Å²) in [5, 5.41) is -0.0802. The molecule has 0 aliphatic rings. The van der Waals surface area contributed by atoms with Gasteiger partial charge in [-0.05, 0) is 91.7 Å². The first-order valence-corrected chi connectivity index (χ1v) is 20.0. The third-order valence-electron chi connectivity index (χ3n) is 9.89. The highest BCUT2D eigenvalue weighted by Crippen LogP contribution is 2.48. The molecule has 0 saturated heterocycles. The number of hydrogen-bond donors (Lipinski definition) is 0. The summed E-state index contributed by atoms with van der Waals surface area (Å²) in [7, 11) is -1.30. The van der Waals surface area contributed by atoms with Crippen LogP contribution in [0.1, 0.15) is 88.6 Å². The Balaban J connectivity index is 2.46. The standard InChI is InChI=1S/C38H54F6O6Si/c1-12-35(13-2,29-16-15-28(26(4)21-29)19-20-36(37(39,40)41,38(42,43)44)49-25-46-9)30-17-18-32(27(5)22-30)48-24-31(23-33(45)47-14-3)50-51(10,11)34(6,7)8/h15-22,31H,12-14,23-25H2,1-11H3/t31-/m1/s1. The average molecular weight is 749 g/mol. The van der Waals surface area contributed by atoms with Crippen LogP contribution >= 0.6 is 0 Å². The van der Waals surface area contributed by atoms with Gasteiger partial charge in [0.1, 0.15) is 19.1 Å². The van der Waals surface area contributed by atoms with Crippen LogP contribution in [0.2, 0.25) is 18.1 Å². The average Bonchev–Trinajstić information content (AvgIpc) is 3.00. The SMILES string of the molecule is CCOC(=O)C[C@H](COc1ccc(C(CC)(CC)c2ccc(C=CC(OCOC)(C(F)(F)F)C(F)(F)F)c(C)c2)cc1C)O[Si](C)(C)C(C)(C)C. The van der Waals surface area contributed by atoms with E-state index >= 15 is 0 Å². The largest absolute Gasteiger partial charge is 0.491 e. The number of ether oxygens (including phenoxy) is 4. The van der Waals surface area contributed by atoms with Crippen molar-refractivity contribution < 1.29 is 54.5 Å². The van der Waals surface area contributed by atoms with E-state index in [4.69, 9.17) is 13.9 Å². The lowest BCUT2D eigenvalue weighted by Crippen LogP contribution is -2.57. The van der Waals surface area contributed by atoms with Gasteiger partial charge in [-0.25, -0.2) is 0 Å². The van der Waals surface area contributed by atoms with Crippen LogP contribution in [0.25, 0.3) is 6.08 Å². The number of aryl methyl sites for hydroxylation is 2. The van der Waals surface area contributed by atoms with Crippen LogP contribution in [0.5, 0.6) is 5.75 Å². The molecule has 0 saturated carbocycles. The third-order valence-corrected chi connectivity index (χ3v) is 14.4. The van der Waals surface area contributed by atoms with Gasteiger partial charge in [0.2, 0.25) is 0 Å². The second kappa shape index (κ2) is 17.3. The van der Waals surface area contributed by atoms with Gasteiger partial charge in [0, 0.05) is 12.5 Å². The molecule has 288 valence electrons. The molecule has 0 fully saturated rings. The van der Waals surface area contributed by atoms with Crippen LogP contribution in [0.3, 0.4) is 0 Å². The molecule has 0 amide bonds. The Kier molecular flexibility index (Phi) is 15.0. The lowest BCUT2D eigenvalue weighted by atomic mass is 9.70. The topological polar surface area (TPSA) is 63.2 Å². The lowest BCUT2D eigenvalue weighted by Gasteiger charge is -2.39. The number of benzene rings is 2. The van der Waals surface area contributed by atoms with Crippen molar-refractivity contribution in [1.29, 1.82) is 0 Å². The van der Waals surface area contributed by atoms with Crippen molar-refractivity contribution in [2.24, 2.45) is 0 Å². The maximum atomic E-state index is 13.8. The molecular formula is C38H54F6O6Si. The fourth-order valence-electron chi connectivity index (χ4n) is 5.74. The molecule has 2 aromatic rings. The zero-order valence-corrected chi connectivity index (χ0v) is 32.7. The van der Waals surface area contributed by atoms with E-state index in [1.165, 1.54) is 6.07 Å². The molecule has 13 heteroatoms. The molecule has 2 aromatic carbocycles. The van der Waals surface area contributed by atoms with Gasteiger partial charge < -0.3 is 23.4 Å². The summed E-state index contributed by atoms with van der Waals surface area (Å²) >= 11 is 0. The fraction of sp³-hybridized carbons (Fsp3) is 0.605. The van der Waals surface area contributed by atoms with Crippen molar-refractivity contribution >= 4 is 20.4 Å². The molecule has 0 bridgehead atoms. The van der Waals surface area contributed by atoms with Gasteiger partial charge in [-0.2, -0.15) is 26.3 Å². The van der Waals surface area contributed by atoms with Crippen LogP contribution in [-0.4, -0.2) is 65.5 Å². The highest BCUT2D eigenvalue weighted by molar-refractivity contribution is 6.74. The summed E-state index contributed by atoms with van der Waals surface area (Å²) < 4.78 is 110. The van der Waals surface area contributed by atoms with Crippen molar-refractivity contribution in [3.05, 3.63) is 70.3 Å². The van der Waals surface area contributed by atoms with Gasteiger partial charge in [-0.15, -0.1) is 0 Å². The second-order valence-corrected chi connectivity index (χ2v) is 19.0. The Bertz CT molecular complexity index is 1460. The highest BCUT2D eigenvalue weighted by Gasteiger charge is 2.71. The van der Waals surface area contributed by atoms with Crippen LogP contribution in [-0.2, 0) is 28.8 Å². The van der Waals surface area contributed by atoms with E-state index in [1.807, 2.05) is 39.0 Å². The van der Waals surface area contributed by atoms with Crippen molar-refractivity contribution in [2.45, 2.75) is 122 Å². The molecule has 0 radical (unpaired) electrons. The van der Waals surface area contributed by atoms with Gasteiger partial charge in [0.25, 0.3) is 5.60 Å². The summed E-state index contributed by atoms with van der Waals surface area (Å²) in [5.41, 5.74) is -1.71. The molecule has 0 aromatic heterocycles. The third kappa shape index (κ3) is 10.4. The monoisotopic (exact) mass is 748 g/mol. The Morgan fingerprint density at radius 1 is 0.863 bits per heavy atom. The maximum absolute atomic E-state index is 13.8. The van der Waals surface area contributed by atoms with E-state index in [-0.39, 0.29) is 42.3 Å². The number of rotatable bonds is 17. The molecule has 2 rings (SSSR count). The van der Waals surface area contributed by atoms with Crippen LogP contribution in [0, 0.1) is 13.8 Å². The van der Waals surface area contributed by atoms with Crippen molar-refractivity contribution in [3.63, 3.8) is 0 Å². The summed E-state index contributed by atoms with van der Waals surface area (Å²) in [6.07, 6.45) is -9.92. The van der Waals surface area contributed by atoms with E-state index in [9.17, 15) is 31.1 Å². The molecule has 0 spiro atoms. The molecule has 1 atom stereocenters. The van der Waals surface area contributed by atoms with E-state index in [1.54, 1.807) is 26.0 Å². The summed E-state index contributed by atoms with van der Waals surface area (Å²) in [5.74, 6) is 0.265. The van der Waals surface area contributed by atoms with E-state index < -0.39 is 44.6 Å². The molecule has 6 nitrogen and oxygen atoms in total. The second-order valence-electron chi connectivity index (χ2n) is 14.3. The minimum absolute atomic E-state index is 0.00235. The predicted octanol–water partition coefficient (Wildman–Crippen LogP) is 10.6. The number of esters is 1. The summed E-state index contributed by atoms with van der Waals surface area (Å²) in [6.45, 7) is 19.2.